The molecule has 0 aromatic carbocycles. The van der Waals surface area contributed by atoms with Gasteiger partial charge in [0, 0.05) is 10.3 Å². The maximum atomic E-state index is 5.95. The topological polar surface area (TPSA) is 51.6 Å². The second-order valence-electron chi connectivity index (χ2n) is 3.39. The minimum Gasteiger partial charge on any atom is -0.216 e. The molecule has 0 amide bonds. The monoisotopic (exact) mass is 314 g/mol. The average Bonchev–Trinajstić information content (AvgIpc) is 2.97. The quantitative estimate of drug-likeness (QED) is 0.542. The van der Waals surface area contributed by atoms with Gasteiger partial charge >= 0.3 is 0 Å². The molecule has 0 radical (unpaired) electrons. The van der Waals surface area contributed by atoms with Crippen LogP contribution in [-0.2, 0) is 6.42 Å². The van der Waals surface area contributed by atoms with Crippen LogP contribution in [0.15, 0.2) is 21.8 Å². The molecular weight excluding hydrogens is 308 g/mol. The summed E-state index contributed by atoms with van der Waals surface area (Å²) in [6, 6.07) is 2.12. The van der Waals surface area contributed by atoms with Gasteiger partial charge in [0.05, 0.1) is 0 Å². The third-order valence-corrected chi connectivity index (χ3v) is 5.32. The molecule has 0 N–H and O–H groups in total. The van der Waals surface area contributed by atoms with Crippen molar-refractivity contribution in [3.63, 3.8) is 0 Å². The molecular formula is C10H7ClN4S3. The normalized spacial score (nSPS) is 11.2. The van der Waals surface area contributed by atoms with E-state index in [0.29, 0.717) is 0 Å². The number of aromatic nitrogens is 4. The molecule has 8 heteroatoms. The third-order valence-electron chi connectivity index (χ3n) is 2.26. The molecule has 0 saturated heterocycles. The number of thiophene rings is 1. The van der Waals surface area contributed by atoms with E-state index in [1.165, 1.54) is 34.5 Å². The van der Waals surface area contributed by atoms with E-state index in [-0.39, 0.29) is 5.28 Å². The maximum absolute atomic E-state index is 5.95. The van der Waals surface area contributed by atoms with E-state index in [0.717, 1.165) is 26.0 Å². The van der Waals surface area contributed by atoms with Gasteiger partial charge in [-0.1, -0.05) is 6.92 Å². The van der Waals surface area contributed by atoms with Gasteiger partial charge in [-0.25, -0.2) is 15.0 Å². The van der Waals surface area contributed by atoms with Crippen LogP contribution in [0.3, 0.4) is 0 Å². The summed E-state index contributed by atoms with van der Waals surface area (Å²) in [5.41, 5.74) is 0. The number of aryl methyl sites for hydroxylation is 1. The molecule has 0 saturated carbocycles. The first-order valence-electron chi connectivity index (χ1n) is 5.16. The number of hydrogen-bond donors (Lipinski definition) is 0. The van der Waals surface area contributed by atoms with Gasteiger partial charge in [-0.3, -0.25) is 0 Å². The highest BCUT2D eigenvalue weighted by atomic mass is 35.5. The minimum absolute atomic E-state index is 0.277. The molecule has 0 atom stereocenters. The van der Waals surface area contributed by atoms with E-state index in [2.05, 4.69) is 32.3 Å². The zero-order chi connectivity index (χ0) is 12.5. The number of fused-ring (bicyclic) bond motifs is 1. The van der Waals surface area contributed by atoms with Crippen LogP contribution < -0.4 is 0 Å². The number of nitrogens with zero attached hydrogens (tertiary/aromatic N) is 4. The van der Waals surface area contributed by atoms with Crippen LogP contribution in [0.4, 0.5) is 0 Å². The Bertz CT molecular complexity index is 680. The summed E-state index contributed by atoms with van der Waals surface area (Å²) >= 11 is 10.4. The second kappa shape index (κ2) is 5.08. The smallest absolute Gasteiger partial charge is 0.216 e. The lowest BCUT2D eigenvalue weighted by Crippen LogP contribution is -1.85. The summed E-state index contributed by atoms with van der Waals surface area (Å²) in [4.78, 5) is 14.9. The number of hydrogen-bond acceptors (Lipinski definition) is 7. The van der Waals surface area contributed by atoms with E-state index in [9.17, 15) is 0 Å². The van der Waals surface area contributed by atoms with Crippen molar-refractivity contribution in [3.8, 4) is 0 Å². The van der Waals surface area contributed by atoms with E-state index in [1.54, 1.807) is 11.3 Å². The lowest BCUT2D eigenvalue weighted by atomic mass is 10.3. The number of rotatable bonds is 3. The van der Waals surface area contributed by atoms with Crippen LogP contribution in [0.5, 0.6) is 0 Å². The van der Waals surface area contributed by atoms with Gasteiger partial charge < -0.3 is 0 Å². The molecule has 18 heavy (non-hydrogen) atoms. The molecule has 0 unspecified atom stereocenters. The molecule has 92 valence electrons. The van der Waals surface area contributed by atoms with Gasteiger partial charge in [-0.05, 0) is 47.4 Å². The predicted molar refractivity (Wildman–Crippen MR) is 75.8 cm³/mol. The number of halogens is 1. The first-order chi connectivity index (χ1) is 8.76. The summed E-state index contributed by atoms with van der Waals surface area (Å²) in [7, 11) is 0. The van der Waals surface area contributed by atoms with Gasteiger partial charge in [0.2, 0.25) is 5.28 Å². The summed E-state index contributed by atoms with van der Waals surface area (Å²) in [6.07, 6.45) is 2.53. The highest BCUT2D eigenvalue weighted by Gasteiger charge is 2.13. The van der Waals surface area contributed by atoms with Crippen molar-refractivity contribution in [1.29, 1.82) is 0 Å². The first-order valence-corrected chi connectivity index (χ1v) is 7.95. The Morgan fingerprint density at radius 1 is 1.39 bits per heavy atom. The zero-order valence-corrected chi connectivity index (χ0v) is 12.5. The Balaban J connectivity index is 2.11. The Morgan fingerprint density at radius 2 is 2.28 bits per heavy atom. The fraction of sp³-hybridized carbons (Fsp3) is 0.200. The van der Waals surface area contributed by atoms with Crippen molar-refractivity contribution in [2.75, 3.05) is 0 Å². The highest BCUT2D eigenvalue weighted by Crippen LogP contribution is 2.36. The van der Waals surface area contributed by atoms with Crippen LogP contribution in [0.2, 0.25) is 5.28 Å². The lowest BCUT2D eigenvalue weighted by molar-refractivity contribution is 1.10. The van der Waals surface area contributed by atoms with Crippen LogP contribution in [0.1, 0.15) is 11.8 Å². The Morgan fingerprint density at radius 3 is 3.00 bits per heavy atom. The Hall–Kier alpha value is -0.760. The molecule has 0 spiro atoms. The minimum atomic E-state index is 0.277. The Kier molecular flexibility index (Phi) is 3.47. The average molecular weight is 315 g/mol. The molecule has 3 aromatic heterocycles. The van der Waals surface area contributed by atoms with E-state index < -0.39 is 0 Å². The molecule has 0 fully saturated rings. The van der Waals surface area contributed by atoms with E-state index in [4.69, 9.17) is 11.6 Å². The van der Waals surface area contributed by atoms with Gasteiger partial charge in [-0.15, -0.1) is 11.3 Å². The standard InChI is InChI=1S/C10H7ClN4S3/c1-2-5-3-6-7(16-5)14-9(11)15-8(6)17-10-12-4-13-18-10/h3-4H,2H2,1H3. The molecule has 3 heterocycles. The zero-order valence-electron chi connectivity index (χ0n) is 9.25. The van der Waals surface area contributed by atoms with E-state index >= 15 is 0 Å². The molecule has 0 aliphatic carbocycles. The van der Waals surface area contributed by atoms with Crippen molar-refractivity contribution in [2.24, 2.45) is 0 Å². The van der Waals surface area contributed by atoms with Crippen LogP contribution in [-0.4, -0.2) is 19.3 Å². The molecule has 3 rings (SSSR count). The SMILES string of the molecule is CCc1cc2c(Sc3ncns3)nc(Cl)nc2s1. The van der Waals surface area contributed by atoms with Crippen molar-refractivity contribution in [3.05, 3.63) is 22.6 Å². The van der Waals surface area contributed by atoms with Gasteiger partial charge in [0.15, 0.2) is 4.34 Å². The summed E-state index contributed by atoms with van der Waals surface area (Å²) in [6.45, 7) is 2.12. The van der Waals surface area contributed by atoms with Crippen molar-refractivity contribution in [1.82, 2.24) is 19.3 Å². The molecule has 0 aliphatic heterocycles. The van der Waals surface area contributed by atoms with Crippen LogP contribution >= 0.6 is 46.2 Å². The highest BCUT2D eigenvalue weighted by molar-refractivity contribution is 8.01. The third kappa shape index (κ3) is 2.35. The van der Waals surface area contributed by atoms with Gasteiger partial charge in [0.1, 0.15) is 16.2 Å². The fourth-order valence-corrected chi connectivity index (χ4v) is 4.22. The van der Waals surface area contributed by atoms with Crippen molar-refractivity contribution in [2.45, 2.75) is 22.7 Å². The molecule has 3 aromatic rings. The summed E-state index contributed by atoms with van der Waals surface area (Å²) in [5, 5.41) is 2.16. The summed E-state index contributed by atoms with van der Waals surface area (Å²) < 4.78 is 4.83. The summed E-state index contributed by atoms with van der Waals surface area (Å²) in [5.74, 6) is 0. The maximum Gasteiger partial charge on any atom is 0.224 e. The fourth-order valence-electron chi connectivity index (χ4n) is 1.46. The van der Waals surface area contributed by atoms with Crippen LogP contribution in [0.25, 0.3) is 10.2 Å². The molecule has 0 aliphatic rings. The Labute approximate surface area is 121 Å². The van der Waals surface area contributed by atoms with E-state index in [1.807, 2.05) is 0 Å². The van der Waals surface area contributed by atoms with Crippen molar-refractivity contribution >= 4 is 56.4 Å². The van der Waals surface area contributed by atoms with Gasteiger partial charge in [0.25, 0.3) is 0 Å². The molecule has 0 bridgehead atoms. The van der Waals surface area contributed by atoms with Crippen LogP contribution in [0, 0.1) is 0 Å². The van der Waals surface area contributed by atoms with Gasteiger partial charge in [-0.2, -0.15) is 4.37 Å². The largest absolute Gasteiger partial charge is 0.224 e. The predicted octanol–water partition coefficient (Wildman–Crippen LogP) is 3.91. The van der Waals surface area contributed by atoms with Crippen molar-refractivity contribution < 1.29 is 0 Å². The lowest BCUT2D eigenvalue weighted by Gasteiger charge is -1.98. The second-order valence-corrected chi connectivity index (χ2v) is 6.86. The first kappa shape index (κ1) is 12.3. The molecule has 4 nitrogen and oxygen atoms in total.